The average molecular weight is 320 g/mol. The fourth-order valence-electron chi connectivity index (χ4n) is 2.70. The van der Waals surface area contributed by atoms with Gasteiger partial charge in [0.2, 0.25) is 0 Å². The number of hydrogen-bond donors (Lipinski definition) is 1. The largest absolute Gasteiger partial charge is 0.389 e. The van der Waals surface area contributed by atoms with Crippen LogP contribution in [0.25, 0.3) is 5.82 Å². The molecule has 0 radical (unpaired) electrons. The van der Waals surface area contributed by atoms with E-state index in [4.69, 9.17) is 4.74 Å². The number of carbonyl (C=O) groups is 1. The molecule has 0 fully saturated rings. The minimum atomic E-state index is -0.718. The molecule has 126 valence electrons. The number of aryl methyl sites for hydroxylation is 3. The van der Waals surface area contributed by atoms with Gasteiger partial charge in [0.25, 0.3) is 5.91 Å². The van der Waals surface area contributed by atoms with Crippen LogP contribution in [0, 0.1) is 13.8 Å². The number of aliphatic hydroxyl groups is 1. The molecule has 1 unspecified atom stereocenters. The highest BCUT2D eigenvalue weighted by atomic mass is 16.5. The maximum atomic E-state index is 12.7. The van der Waals surface area contributed by atoms with Crippen molar-refractivity contribution in [3.8, 4) is 5.82 Å². The van der Waals surface area contributed by atoms with Crippen LogP contribution in [0.3, 0.4) is 0 Å². The van der Waals surface area contributed by atoms with Crippen LogP contribution in [-0.2, 0) is 11.8 Å². The van der Waals surface area contributed by atoms with E-state index < -0.39 is 6.10 Å². The third kappa shape index (κ3) is 3.46. The number of hydrogen-bond acceptors (Lipinski definition) is 4. The molecule has 2 aromatic heterocycles. The summed E-state index contributed by atoms with van der Waals surface area (Å²) in [6.45, 7) is 4.36. The summed E-state index contributed by atoms with van der Waals surface area (Å²) >= 11 is 0. The molecular weight excluding hydrogens is 296 g/mol. The molecule has 0 spiro atoms. The first kappa shape index (κ1) is 17.2. The van der Waals surface area contributed by atoms with Gasteiger partial charge >= 0.3 is 0 Å². The summed E-state index contributed by atoms with van der Waals surface area (Å²) < 4.78 is 8.59. The Hall–Kier alpha value is -2.12. The van der Waals surface area contributed by atoms with Gasteiger partial charge in [-0.15, -0.1) is 0 Å². The van der Waals surface area contributed by atoms with Gasteiger partial charge in [-0.05, 0) is 26.0 Å². The third-order valence-corrected chi connectivity index (χ3v) is 3.81. The second kappa shape index (κ2) is 6.97. The van der Waals surface area contributed by atoms with Gasteiger partial charge in [0.1, 0.15) is 11.4 Å². The van der Waals surface area contributed by atoms with Crippen molar-refractivity contribution >= 4 is 5.91 Å². The van der Waals surface area contributed by atoms with Crippen LogP contribution in [0.2, 0.25) is 0 Å². The highest BCUT2D eigenvalue weighted by Gasteiger charge is 2.23. The molecule has 0 aliphatic rings. The van der Waals surface area contributed by atoms with E-state index in [1.807, 2.05) is 37.6 Å². The maximum absolute atomic E-state index is 12.7. The van der Waals surface area contributed by atoms with Crippen molar-refractivity contribution in [2.75, 3.05) is 27.3 Å². The number of carbonyl (C=O) groups excluding carboxylic acids is 1. The summed E-state index contributed by atoms with van der Waals surface area (Å²) in [5.41, 5.74) is 2.56. The number of likely N-dealkylation sites (N-methyl/N-ethyl adjacent to an activating group) is 1. The van der Waals surface area contributed by atoms with Gasteiger partial charge in [-0.1, -0.05) is 0 Å². The van der Waals surface area contributed by atoms with Crippen molar-refractivity contribution in [1.82, 2.24) is 19.2 Å². The minimum absolute atomic E-state index is 0.184. The molecular formula is C16H24N4O3. The molecule has 7 heteroatoms. The van der Waals surface area contributed by atoms with Crippen molar-refractivity contribution in [2.45, 2.75) is 20.0 Å². The number of nitrogens with zero attached hydrogens (tertiary/aromatic N) is 4. The fourth-order valence-corrected chi connectivity index (χ4v) is 2.70. The minimum Gasteiger partial charge on any atom is -0.389 e. The maximum Gasteiger partial charge on any atom is 0.259 e. The van der Waals surface area contributed by atoms with Gasteiger partial charge in [-0.25, -0.2) is 0 Å². The lowest BCUT2D eigenvalue weighted by Gasteiger charge is -2.21. The highest BCUT2D eigenvalue weighted by Crippen LogP contribution is 2.21. The van der Waals surface area contributed by atoms with E-state index in [0.717, 1.165) is 17.2 Å². The lowest BCUT2D eigenvalue weighted by molar-refractivity contribution is 0.0380. The zero-order valence-electron chi connectivity index (χ0n) is 14.3. The Bertz CT molecular complexity index is 670. The molecule has 2 aromatic rings. The molecule has 0 saturated carbocycles. The van der Waals surface area contributed by atoms with Crippen molar-refractivity contribution in [3.63, 3.8) is 0 Å². The van der Waals surface area contributed by atoms with E-state index in [1.165, 1.54) is 12.0 Å². The Balaban J connectivity index is 2.33. The van der Waals surface area contributed by atoms with Gasteiger partial charge in [-0.2, -0.15) is 5.10 Å². The first-order chi connectivity index (χ1) is 10.9. The van der Waals surface area contributed by atoms with Crippen LogP contribution < -0.4 is 0 Å². The van der Waals surface area contributed by atoms with Crippen LogP contribution in [-0.4, -0.2) is 63.7 Å². The van der Waals surface area contributed by atoms with Crippen LogP contribution in [0.4, 0.5) is 0 Å². The molecule has 1 amide bonds. The average Bonchev–Trinajstić information content (AvgIpc) is 3.01. The molecule has 2 heterocycles. The number of aliphatic hydroxyl groups excluding tert-OH is 1. The number of aromatic nitrogens is 3. The zero-order chi connectivity index (χ0) is 17.1. The molecule has 0 aliphatic carbocycles. The van der Waals surface area contributed by atoms with Gasteiger partial charge < -0.3 is 19.3 Å². The van der Waals surface area contributed by atoms with E-state index in [-0.39, 0.29) is 19.1 Å². The molecule has 0 bridgehead atoms. The topological polar surface area (TPSA) is 72.5 Å². The second-order valence-electron chi connectivity index (χ2n) is 5.75. The third-order valence-electron chi connectivity index (χ3n) is 3.81. The number of rotatable bonds is 6. The summed E-state index contributed by atoms with van der Waals surface area (Å²) in [5.74, 6) is 0.541. The predicted octanol–water partition coefficient (Wildman–Crippen LogP) is 0.907. The summed E-state index contributed by atoms with van der Waals surface area (Å²) in [4.78, 5) is 14.2. The Labute approximate surface area is 136 Å². The molecule has 0 aliphatic heterocycles. The van der Waals surface area contributed by atoms with Crippen LogP contribution >= 0.6 is 0 Å². The Morgan fingerprint density at radius 2 is 2.00 bits per heavy atom. The fraction of sp³-hybridized carbons (Fsp3) is 0.500. The van der Waals surface area contributed by atoms with Crippen LogP contribution in [0.15, 0.2) is 18.3 Å². The number of ether oxygens (including phenoxy) is 1. The highest BCUT2D eigenvalue weighted by molar-refractivity contribution is 5.97. The van der Waals surface area contributed by atoms with Crippen molar-refractivity contribution in [2.24, 2.45) is 7.05 Å². The van der Waals surface area contributed by atoms with E-state index >= 15 is 0 Å². The van der Waals surface area contributed by atoms with E-state index in [0.29, 0.717) is 5.56 Å². The van der Waals surface area contributed by atoms with Crippen molar-refractivity contribution in [1.29, 1.82) is 0 Å². The van der Waals surface area contributed by atoms with Gasteiger partial charge in [-0.3, -0.25) is 9.48 Å². The quantitative estimate of drug-likeness (QED) is 0.858. The number of amides is 1. The molecule has 0 saturated heterocycles. The van der Waals surface area contributed by atoms with Crippen molar-refractivity contribution < 1.29 is 14.6 Å². The smallest absolute Gasteiger partial charge is 0.259 e. The molecule has 0 aromatic carbocycles. The van der Waals surface area contributed by atoms with E-state index in [2.05, 4.69) is 5.10 Å². The summed E-state index contributed by atoms with van der Waals surface area (Å²) in [5, 5.41) is 14.1. The molecule has 1 atom stereocenters. The lowest BCUT2D eigenvalue weighted by atomic mass is 10.2. The lowest BCUT2D eigenvalue weighted by Crippen LogP contribution is -2.36. The second-order valence-corrected chi connectivity index (χ2v) is 5.75. The summed E-state index contributed by atoms with van der Waals surface area (Å²) in [6.07, 6.45) is 0.847. The molecule has 2 rings (SSSR count). The van der Waals surface area contributed by atoms with Gasteiger partial charge in [0.15, 0.2) is 0 Å². The first-order valence-corrected chi connectivity index (χ1v) is 7.46. The summed E-state index contributed by atoms with van der Waals surface area (Å²) in [7, 11) is 4.99. The monoisotopic (exact) mass is 320 g/mol. The van der Waals surface area contributed by atoms with Crippen molar-refractivity contribution in [3.05, 3.63) is 35.3 Å². The Kier molecular flexibility index (Phi) is 5.23. The molecule has 1 N–H and O–H groups in total. The summed E-state index contributed by atoms with van der Waals surface area (Å²) in [6, 6.07) is 4.01. The number of methoxy groups -OCH3 is 1. The van der Waals surface area contributed by atoms with Gasteiger partial charge in [0.05, 0.1) is 18.9 Å². The van der Waals surface area contributed by atoms with Crippen LogP contribution in [0.1, 0.15) is 21.7 Å². The Morgan fingerprint density at radius 1 is 1.39 bits per heavy atom. The van der Waals surface area contributed by atoms with Gasteiger partial charge in [0, 0.05) is 39.1 Å². The zero-order valence-corrected chi connectivity index (χ0v) is 14.3. The van der Waals surface area contributed by atoms with E-state index in [9.17, 15) is 9.90 Å². The predicted molar refractivity (Wildman–Crippen MR) is 86.9 cm³/mol. The van der Waals surface area contributed by atoms with E-state index in [1.54, 1.807) is 17.9 Å². The standard InChI is InChI=1S/C16H24N4O3/c1-11-6-7-12(2)20(11)15-14(8-17-19(15)4)16(22)18(3)9-13(21)10-23-5/h6-8,13,21H,9-10H2,1-5H3. The first-order valence-electron chi connectivity index (χ1n) is 7.46. The normalized spacial score (nSPS) is 12.4. The van der Waals surface area contributed by atoms with Crippen LogP contribution in [0.5, 0.6) is 0 Å². The Morgan fingerprint density at radius 3 is 2.57 bits per heavy atom. The SMILES string of the molecule is COCC(O)CN(C)C(=O)c1cnn(C)c1-n1c(C)ccc1C. The molecule has 23 heavy (non-hydrogen) atoms. The molecule has 7 nitrogen and oxygen atoms in total.